The summed E-state index contributed by atoms with van der Waals surface area (Å²) in [5, 5.41) is 0. The zero-order chi connectivity index (χ0) is 14.3. The number of nitrogens with two attached hydrogens (primary N) is 1. The van der Waals surface area contributed by atoms with Gasteiger partial charge in [0.1, 0.15) is 0 Å². The Morgan fingerprint density at radius 2 is 2.20 bits per heavy atom. The molecule has 0 spiro atoms. The number of aryl methyl sites for hydroxylation is 2. The Bertz CT molecular complexity index is 592. The standard InChI is InChI=1S/C16H24N4/c1-12-8-13-14(17)9-16(2,3)10-15(13)20(12)7-6-19-5-4-18-11-19/h4-5,8,11,14H,6-7,9-10,17H2,1-3H3. The molecule has 1 atom stereocenters. The van der Waals surface area contributed by atoms with Crippen molar-refractivity contribution in [3.05, 3.63) is 41.7 Å². The van der Waals surface area contributed by atoms with Crippen molar-refractivity contribution in [2.75, 3.05) is 0 Å². The summed E-state index contributed by atoms with van der Waals surface area (Å²) in [5.41, 5.74) is 10.8. The highest BCUT2D eigenvalue weighted by Crippen LogP contribution is 2.40. The number of fused-ring (bicyclic) bond motifs is 1. The summed E-state index contributed by atoms with van der Waals surface area (Å²) in [7, 11) is 0. The second-order valence-corrected chi connectivity index (χ2v) is 6.79. The number of imidazole rings is 1. The molecule has 1 unspecified atom stereocenters. The fraction of sp³-hybridized carbons (Fsp3) is 0.562. The number of rotatable bonds is 3. The summed E-state index contributed by atoms with van der Waals surface area (Å²) in [6, 6.07) is 2.46. The van der Waals surface area contributed by atoms with Gasteiger partial charge in [-0.1, -0.05) is 13.8 Å². The fourth-order valence-corrected chi connectivity index (χ4v) is 3.45. The molecule has 0 fully saturated rings. The lowest BCUT2D eigenvalue weighted by Crippen LogP contribution is -2.30. The summed E-state index contributed by atoms with van der Waals surface area (Å²) in [6.45, 7) is 8.76. The van der Waals surface area contributed by atoms with Crippen LogP contribution >= 0.6 is 0 Å². The molecule has 2 aromatic heterocycles. The predicted octanol–water partition coefficient (Wildman–Crippen LogP) is 2.67. The summed E-state index contributed by atoms with van der Waals surface area (Å²) < 4.78 is 4.57. The molecule has 2 N–H and O–H groups in total. The fourth-order valence-electron chi connectivity index (χ4n) is 3.45. The van der Waals surface area contributed by atoms with Gasteiger partial charge >= 0.3 is 0 Å². The SMILES string of the molecule is Cc1cc2c(n1CCn1ccnc1)CC(C)(C)CC2N. The molecule has 0 aliphatic heterocycles. The first kappa shape index (κ1) is 13.4. The van der Waals surface area contributed by atoms with E-state index in [1.807, 2.05) is 18.7 Å². The minimum absolute atomic E-state index is 0.182. The maximum absolute atomic E-state index is 6.37. The number of hydrogen-bond donors (Lipinski definition) is 1. The minimum atomic E-state index is 0.182. The Kier molecular flexibility index (Phi) is 3.21. The van der Waals surface area contributed by atoms with E-state index in [2.05, 4.69) is 41.0 Å². The van der Waals surface area contributed by atoms with E-state index < -0.39 is 0 Å². The van der Waals surface area contributed by atoms with Crippen LogP contribution in [0.1, 0.15) is 43.3 Å². The van der Waals surface area contributed by atoms with Crippen LogP contribution in [0.2, 0.25) is 0 Å². The normalized spacial score (nSPS) is 20.9. The molecular formula is C16H24N4. The molecule has 2 aromatic rings. The maximum atomic E-state index is 6.37. The van der Waals surface area contributed by atoms with Crippen molar-refractivity contribution >= 4 is 0 Å². The lowest BCUT2D eigenvalue weighted by molar-refractivity contribution is 0.274. The molecule has 20 heavy (non-hydrogen) atoms. The van der Waals surface area contributed by atoms with Gasteiger partial charge in [0.2, 0.25) is 0 Å². The smallest absolute Gasteiger partial charge is 0.0946 e. The van der Waals surface area contributed by atoms with Crippen molar-refractivity contribution in [1.82, 2.24) is 14.1 Å². The van der Waals surface area contributed by atoms with Gasteiger partial charge in [0, 0.05) is 42.9 Å². The van der Waals surface area contributed by atoms with Crippen LogP contribution < -0.4 is 5.73 Å². The van der Waals surface area contributed by atoms with Gasteiger partial charge in [-0.15, -0.1) is 0 Å². The maximum Gasteiger partial charge on any atom is 0.0946 e. The van der Waals surface area contributed by atoms with Crippen LogP contribution in [0.4, 0.5) is 0 Å². The van der Waals surface area contributed by atoms with E-state index in [0.29, 0.717) is 5.41 Å². The monoisotopic (exact) mass is 272 g/mol. The lowest BCUT2D eigenvalue weighted by atomic mass is 9.74. The van der Waals surface area contributed by atoms with Gasteiger partial charge in [-0.25, -0.2) is 4.98 Å². The highest BCUT2D eigenvalue weighted by molar-refractivity contribution is 5.34. The van der Waals surface area contributed by atoms with Crippen molar-refractivity contribution < 1.29 is 0 Å². The molecule has 0 aromatic carbocycles. The highest BCUT2D eigenvalue weighted by atomic mass is 15.1. The van der Waals surface area contributed by atoms with Crippen LogP contribution in [0, 0.1) is 12.3 Å². The first-order valence-corrected chi connectivity index (χ1v) is 7.36. The van der Waals surface area contributed by atoms with Crippen LogP contribution in [0.25, 0.3) is 0 Å². The van der Waals surface area contributed by atoms with Gasteiger partial charge in [0.15, 0.2) is 0 Å². The summed E-state index contributed by atoms with van der Waals surface area (Å²) >= 11 is 0. The van der Waals surface area contributed by atoms with Gasteiger partial charge in [-0.2, -0.15) is 0 Å². The zero-order valence-electron chi connectivity index (χ0n) is 12.6. The van der Waals surface area contributed by atoms with E-state index >= 15 is 0 Å². The number of hydrogen-bond acceptors (Lipinski definition) is 2. The molecule has 1 aliphatic rings. The van der Waals surface area contributed by atoms with E-state index in [1.165, 1.54) is 17.0 Å². The molecular weight excluding hydrogens is 248 g/mol. The quantitative estimate of drug-likeness (QED) is 0.934. The van der Waals surface area contributed by atoms with Crippen LogP contribution in [0.3, 0.4) is 0 Å². The third-order valence-electron chi connectivity index (χ3n) is 4.41. The lowest BCUT2D eigenvalue weighted by Gasteiger charge is -2.34. The van der Waals surface area contributed by atoms with E-state index in [4.69, 9.17) is 5.73 Å². The first-order chi connectivity index (χ1) is 9.46. The Hall–Kier alpha value is -1.55. The largest absolute Gasteiger partial charge is 0.347 e. The highest BCUT2D eigenvalue weighted by Gasteiger charge is 2.33. The zero-order valence-corrected chi connectivity index (χ0v) is 12.6. The van der Waals surface area contributed by atoms with E-state index in [1.54, 1.807) is 0 Å². The van der Waals surface area contributed by atoms with Crippen molar-refractivity contribution in [2.45, 2.75) is 52.7 Å². The van der Waals surface area contributed by atoms with Crippen LogP contribution in [-0.2, 0) is 19.5 Å². The van der Waals surface area contributed by atoms with Gasteiger partial charge in [-0.05, 0) is 36.8 Å². The molecule has 0 bridgehead atoms. The molecule has 3 rings (SSSR count). The van der Waals surface area contributed by atoms with Gasteiger partial charge in [0.25, 0.3) is 0 Å². The average Bonchev–Trinajstić information content (AvgIpc) is 2.94. The van der Waals surface area contributed by atoms with Crippen LogP contribution in [0.15, 0.2) is 24.8 Å². The Morgan fingerprint density at radius 3 is 2.90 bits per heavy atom. The van der Waals surface area contributed by atoms with Crippen molar-refractivity contribution in [2.24, 2.45) is 11.1 Å². The second kappa shape index (κ2) is 4.77. The second-order valence-electron chi connectivity index (χ2n) is 6.79. The molecule has 1 aliphatic carbocycles. The number of aromatic nitrogens is 3. The van der Waals surface area contributed by atoms with Crippen molar-refractivity contribution in [3.8, 4) is 0 Å². The molecule has 0 saturated heterocycles. The van der Waals surface area contributed by atoms with Crippen molar-refractivity contribution in [3.63, 3.8) is 0 Å². The van der Waals surface area contributed by atoms with Crippen LogP contribution in [-0.4, -0.2) is 14.1 Å². The summed E-state index contributed by atoms with van der Waals surface area (Å²) in [5.74, 6) is 0. The van der Waals surface area contributed by atoms with Gasteiger partial charge in [-0.3, -0.25) is 0 Å². The first-order valence-electron chi connectivity index (χ1n) is 7.36. The molecule has 0 saturated carbocycles. The van der Waals surface area contributed by atoms with Crippen molar-refractivity contribution in [1.29, 1.82) is 0 Å². The van der Waals surface area contributed by atoms with E-state index in [0.717, 1.165) is 25.9 Å². The molecule has 2 heterocycles. The van der Waals surface area contributed by atoms with Gasteiger partial charge in [0.05, 0.1) is 6.33 Å². The molecule has 0 amide bonds. The Labute approximate surface area is 120 Å². The summed E-state index contributed by atoms with van der Waals surface area (Å²) in [4.78, 5) is 4.10. The van der Waals surface area contributed by atoms with E-state index in [9.17, 15) is 0 Å². The molecule has 4 nitrogen and oxygen atoms in total. The van der Waals surface area contributed by atoms with Crippen LogP contribution in [0.5, 0.6) is 0 Å². The van der Waals surface area contributed by atoms with Gasteiger partial charge < -0.3 is 14.9 Å². The molecule has 108 valence electrons. The third-order valence-corrected chi connectivity index (χ3v) is 4.41. The topological polar surface area (TPSA) is 48.8 Å². The Balaban J connectivity index is 1.88. The Morgan fingerprint density at radius 1 is 1.40 bits per heavy atom. The van der Waals surface area contributed by atoms with E-state index in [-0.39, 0.29) is 6.04 Å². The molecule has 0 radical (unpaired) electrons. The predicted molar refractivity (Wildman–Crippen MR) is 80.4 cm³/mol. The third kappa shape index (κ3) is 2.40. The summed E-state index contributed by atoms with van der Waals surface area (Å²) in [6.07, 6.45) is 7.91. The minimum Gasteiger partial charge on any atom is -0.347 e. The molecule has 4 heteroatoms. The average molecular weight is 272 g/mol. The number of nitrogens with zero attached hydrogens (tertiary/aromatic N) is 3.